The summed E-state index contributed by atoms with van der Waals surface area (Å²) in [4.78, 5) is 11.8. The van der Waals surface area contributed by atoms with Gasteiger partial charge in [0, 0.05) is 6.07 Å². The summed E-state index contributed by atoms with van der Waals surface area (Å²) >= 11 is 4.81. The summed E-state index contributed by atoms with van der Waals surface area (Å²) in [6, 6.07) is 1.25. The van der Waals surface area contributed by atoms with Gasteiger partial charge in [-0.25, -0.2) is 0 Å². The number of aromatic nitrogens is 1. The molecule has 0 saturated heterocycles. The minimum absolute atomic E-state index is 0.169. The summed E-state index contributed by atoms with van der Waals surface area (Å²) < 4.78 is 4.81. The molecule has 0 aliphatic heterocycles. The molecule has 0 fully saturated rings. The standard InChI is InChI=1S/C9H13N3O2S/c1-3-6(8(10)15)11-9(13)7-4-5(2)12-14-7/h4,6H,3H2,1-2H3,(H2,10,15)(H,11,13). The SMILES string of the molecule is CCC(NC(=O)c1cc(C)no1)C(N)=S. The molecule has 0 aromatic carbocycles. The zero-order valence-electron chi connectivity index (χ0n) is 8.61. The topological polar surface area (TPSA) is 81.2 Å². The molecule has 0 aliphatic rings. The minimum Gasteiger partial charge on any atom is -0.392 e. The van der Waals surface area contributed by atoms with Crippen molar-refractivity contribution in [2.45, 2.75) is 26.3 Å². The Morgan fingerprint density at radius 1 is 1.80 bits per heavy atom. The highest BCUT2D eigenvalue weighted by Gasteiger charge is 2.17. The monoisotopic (exact) mass is 227 g/mol. The van der Waals surface area contributed by atoms with Crippen molar-refractivity contribution in [3.63, 3.8) is 0 Å². The van der Waals surface area contributed by atoms with Crippen LogP contribution >= 0.6 is 12.2 Å². The molecule has 1 aromatic heterocycles. The van der Waals surface area contributed by atoms with Crippen molar-refractivity contribution in [1.29, 1.82) is 0 Å². The number of thiocarbonyl (C=S) groups is 1. The third kappa shape index (κ3) is 3.02. The summed E-state index contributed by atoms with van der Waals surface area (Å²) in [6.45, 7) is 3.63. The van der Waals surface area contributed by atoms with Gasteiger partial charge in [-0.2, -0.15) is 0 Å². The van der Waals surface area contributed by atoms with Gasteiger partial charge in [0.05, 0.1) is 16.7 Å². The Kier molecular flexibility index (Phi) is 3.79. The second-order valence-corrected chi connectivity index (χ2v) is 3.64. The molecule has 0 spiro atoms. The van der Waals surface area contributed by atoms with Crippen molar-refractivity contribution in [2.24, 2.45) is 5.73 Å². The molecule has 82 valence electrons. The maximum Gasteiger partial charge on any atom is 0.290 e. The van der Waals surface area contributed by atoms with Crippen molar-refractivity contribution in [1.82, 2.24) is 10.5 Å². The van der Waals surface area contributed by atoms with Crippen molar-refractivity contribution in [3.05, 3.63) is 17.5 Å². The zero-order valence-corrected chi connectivity index (χ0v) is 9.43. The predicted octanol–water partition coefficient (Wildman–Crippen LogP) is 0.778. The molecule has 3 N–H and O–H groups in total. The maximum absolute atomic E-state index is 11.6. The molecule has 0 radical (unpaired) electrons. The van der Waals surface area contributed by atoms with E-state index in [1.54, 1.807) is 13.0 Å². The average molecular weight is 227 g/mol. The number of hydrogen-bond acceptors (Lipinski definition) is 4. The second kappa shape index (κ2) is 4.88. The number of amides is 1. The first kappa shape index (κ1) is 11.6. The van der Waals surface area contributed by atoms with E-state index in [1.165, 1.54) is 0 Å². The molecular formula is C9H13N3O2S. The van der Waals surface area contributed by atoms with Gasteiger partial charge in [0.1, 0.15) is 0 Å². The number of rotatable bonds is 4. The number of nitrogens with one attached hydrogen (secondary N) is 1. The number of nitrogens with two attached hydrogens (primary N) is 1. The third-order valence-electron chi connectivity index (χ3n) is 1.91. The van der Waals surface area contributed by atoms with Crippen LogP contribution in [0.15, 0.2) is 10.6 Å². The number of carbonyl (C=O) groups excluding carboxylic acids is 1. The molecule has 6 heteroatoms. The smallest absolute Gasteiger partial charge is 0.290 e. The predicted molar refractivity (Wildman–Crippen MR) is 59.6 cm³/mol. The Balaban J connectivity index is 2.66. The van der Waals surface area contributed by atoms with E-state index in [0.717, 1.165) is 0 Å². The molecule has 15 heavy (non-hydrogen) atoms. The van der Waals surface area contributed by atoms with Gasteiger partial charge in [-0.15, -0.1) is 0 Å². The van der Waals surface area contributed by atoms with Crippen LogP contribution in [0.2, 0.25) is 0 Å². The van der Waals surface area contributed by atoms with Crippen molar-refractivity contribution < 1.29 is 9.32 Å². The molecule has 5 nitrogen and oxygen atoms in total. The summed E-state index contributed by atoms with van der Waals surface area (Å²) in [5.74, 6) is -0.183. The lowest BCUT2D eigenvalue weighted by atomic mass is 10.2. The van der Waals surface area contributed by atoms with Gasteiger partial charge in [0.2, 0.25) is 5.76 Å². The van der Waals surface area contributed by atoms with Crippen LogP contribution < -0.4 is 11.1 Å². The first-order chi connectivity index (χ1) is 7.04. The van der Waals surface area contributed by atoms with Crippen molar-refractivity contribution in [2.75, 3.05) is 0 Å². The van der Waals surface area contributed by atoms with E-state index in [4.69, 9.17) is 22.5 Å². The Hall–Kier alpha value is -1.43. The summed E-state index contributed by atoms with van der Waals surface area (Å²) in [5.41, 5.74) is 6.11. The van der Waals surface area contributed by atoms with Crippen molar-refractivity contribution >= 4 is 23.1 Å². The van der Waals surface area contributed by atoms with E-state index < -0.39 is 0 Å². The number of carbonyl (C=O) groups is 1. The van der Waals surface area contributed by atoms with Gasteiger partial charge in [0.15, 0.2) is 0 Å². The Bertz CT molecular complexity index is 375. The van der Waals surface area contributed by atoms with Crippen LogP contribution in [0, 0.1) is 6.92 Å². The molecule has 0 aliphatic carbocycles. The Morgan fingerprint density at radius 3 is 2.87 bits per heavy atom. The number of nitrogens with zero attached hydrogens (tertiary/aromatic N) is 1. The van der Waals surface area contributed by atoms with E-state index in [9.17, 15) is 4.79 Å². The Morgan fingerprint density at radius 2 is 2.47 bits per heavy atom. The normalized spacial score (nSPS) is 12.1. The zero-order chi connectivity index (χ0) is 11.4. The summed E-state index contributed by atoms with van der Waals surface area (Å²) in [5, 5.41) is 6.27. The third-order valence-corrected chi connectivity index (χ3v) is 2.19. The maximum atomic E-state index is 11.6. The molecule has 0 saturated carbocycles. The van der Waals surface area contributed by atoms with Gasteiger partial charge in [-0.05, 0) is 13.3 Å². The van der Waals surface area contributed by atoms with Crippen LogP contribution in [0.25, 0.3) is 0 Å². The molecule has 0 bridgehead atoms. The number of aryl methyl sites for hydroxylation is 1. The molecule has 1 rings (SSSR count). The first-order valence-electron chi connectivity index (χ1n) is 4.58. The van der Waals surface area contributed by atoms with Crippen LogP contribution in [0.5, 0.6) is 0 Å². The minimum atomic E-state index is -0.352. The van der Waals surface area contributed by atoms with Gasteiger partial charge >= 0.3 is 0 Å². The fourth-order valence-corrected chi connectivity index (χ4v) is 1.30. The highest BCUT2D eigenvalue weighted by molar-refractivity contribution is 7.80. The lowest BCUT2D eigenvalue weighted by Crippen LogP contribution is -2.42. The quantitative estimate of drug-likeness (QED) is 0.743. The average Bonchev–Trinajstić information content (AvgIpc) is 2.60. The molecule has 1 atom stereocenters. The van der Waals surface area contributed by atoms with Crippen molar-refractivity contribution in [3.8, 4) is 0 Å². The van der Waals surface area contributed by atoms with Crippen LogP contribution in [0.3, 0.4) is 0 Å². The van der Waals surface area contributed by atoms with Gasteiger partial charge < -0.3 is 15.6 Å². The van der Waals surface area contributed by atoms with Crippen LogP contribution in [-0.4, -0.2) is 22.1 Å². The molecule has 1 amide bonds. The van der Waals surface area contributed by atoms with Gasteiger partial charge in [0.25, 0.3) is 5.91 Å². The highest BCUT2D eigenvalue weighted by atomic mass is 32.1. The molecule has 1 unspecified atom stereocenters. The van der Waals surface area contributed by atoms with E-state index in [2.05, 4.69) is 10.5 Å². The van der Waals surface area contributed by atoms with Crippen LogP contribution in [-0.2, 0) is 0 Å². The Labute approximate surface area is 93.0 Å². The fourth-order valence-electron chi connectivity index (χ4n) is 1.07. The summed E-state index contributed by atoms with van der Waals surface area (Å²) in [6.07, 6.45) is 0.647. The molecule has 1 heterocycles. The van der Waals surface area contributed by atoms with Gasteiger partial charge in [-0.1, -0.05) is 24.3 Å². The number of hydrogen-bond donors (Lipinski definition) is 2. The lowest BCUT2D eigenvalue weighted by Gasteiger charge is -2.13. The fraction of sp³-hybridized carbons (Fsp3) is 0.444. The summed E-state index contributed by atoms with van der Waals surface area (Å²) in [7, 11) is 0. The molecule has 1 aromatic rings. The lowest BCUT2D eigenvalue weighted by molar-refractivity contribution is 0.0909. The highest BCUT2D eigenvalue weighted by Crippen LogP contribution is 2.03. The first-order valence-corrected chi connectivity index (χ1v) is 4.99. The van der Waals surface area contributed by atoms with Crippen LogP contribution in [0.1, 0.15) is 29.6 Å². The van der Waals surface area contributed by atoms with Gasteiger partial charge in [-0.3, -0.25) is 4.79 Å². The molecular weight excluding hydrogens is 214 g/mol. The van der Waals surface area contributed by atoms with E-state index in [-0.39, 0.29) is 22.7 Å². The van der Waals surface area contributed by atoms with E-state index >= 15 is 0 Å². The second-order valence-electron chi connectivity index (χ2n) is 3.17. The van der Waals surface area contributed by atoms with E-state index in [0.29, 0.717) is 12.1 Å². The van der Waals surface area contributed by atoms with Crippen LogP contribution in [0.4, 0.5) is 0 Å². The largest absolute Gasteiger partial charge is 0.392 e. The van der Waals surface area contributed by atoms with E-state index in [1.807, 2.05) is 6.92 Å².